The molecule has 2 heteroatoms. The van der Waals surface area contributed by atoms with E-state index in [1.807, 2.05) is 0 Å². The van der Waals surface area contributed by atoms with E-state index in [4.69, 9.17) is 12.3 Å². The molecule has 0 bridgehead atoms. The zero-order valence-electron chi connectivity index (χ0n) is 12.4. The quantitative estimate of drug-likeness (QED) is 0.467. The van der Waals surface area contributed by atoms with Gasteiger partial charge in [0.05, 0.1) is 18.5 Å². The highest BCUT2D eigenvalue weighted by molar-refractivity contribution is 5.87. The fraction of sp³-hybridized carbons (Fsp3) is 0.800. The molecular weight excluding hydrogens is 90.1 g/mol. The van der Waals surface area contributed by atoms with Gasteiger partial charge >= 0.3 is 0 Å². The van der Waals surface area contributed by atoms with Gasteiger partial charge in [0.25, 0.3) is 0 Å². The minimum atomic E-state index is -3.26. The Morgan fingerprint density at radius 2 is 3.00 bits per heavy atom. The summed E-state index contributed by atoms with van der Waals surface area (Å²) < 4.78 is 63.7. The molecule has 0 unspecified atom stereocenters. The second-order valence-corrected chi connectivity index (χ2v) is 1.000. The number of likely N-dealkylation sites (tertiary alicyclic amines) is 1. The van der Waals surface area contributed by atoms with E-state index < -0.39 is 32.1 Å². The maximum atomic E-state index is 11.0. The molecule has 0 spiro atoms. The summed E-state index contributed by atoms with van der Waals surface area (Å²) in [5.74, 6) is -1.48. The van der Waals surface area contributed by atoms with Crippen molar-refractivity contribution in [1.82, 2.24) is 4.90 Å². The van der Waals surface area contributed by atoms with Gasteiger partial charge in [0, 0.05) is 6.85 Å². The van der Waals surface area contributed by atoms with Crippen molar-refractivity contribution in [1.29, 1.82) is 0 Å². The number of hydrogen-bond donors (Lipinski definition) is 0. The zero-order valence-corrected chi connectivity index (χ0v) is 3.36. The monoisotopic (exact) mass is 108 g/mol. The zero-order chi connectivity index (χ0) is 13.2. The molecule has 40 valence electrons. The highest BCUT2D eigenvalue weighted by Crippen LogP contribution is 1.98. The third-order valence-electron chi connectivity index (χ3n) is 0.539. The fourth-order valence-corrected chi connectivity index (χ4v) is 0.259. The number of carbonyl (C=O) groups excluding carboxylic acids is 1. The highest BCUT2D eigenvalue weighted by Gasteiger charge is 2.20. The predicted molar refractivity (Wildman–Crippen MR) is 27.1 cm³/mol. The van der Waals surface area contributed by atoms with E-state index >= 15 is 0 Å². The Morgan fingerprint density at radius 3 is 3.57 bits per heavy atom. The second kappa shape index (κ2) is 1.62. The third kappa shape index (κ3) is 0.800. The van der Waals surface area contributed by atoms with Gasteiger partial charge in [0.2, 0.25) is 0 Å². The molecule has 1 rings (SSSR count). The van der Waals surface area contributed by atoms with Crippen molar-refractivity contribution in [2.45, 2.75) is 6.85 Å². The van der Waals surface area contributed by atoms with Gasteiger partial charge in [-0.15, -0.1) is 0 Å². The summed E-state index contributed by atoms with van der Waals surface area (Å²) in [6.45, 7) is -12.4. The smallest absolute Gasteiger partial charge is 0.160 e. The molecule has 1 aliphatic heterocycles. The first kappa shape index (κ1) is 0.860. The molecule has 0 amide bonds. The molecule has 1 saturated heterocycles. The molecule has 1 fully saturated rings. The Morgan fingerprint density at radius 1 is 2.29 bits per heavy atom. The van der Waals surface area contributed by atoms with E-state index in [0.29, 0.717) is 0 Å². The Bertz CT molecular complexity index is 313. The second-order valence-electron chi connectivity index (χ2n) is 1.000. The molecule has 0 aromatic rings. The van der Waals surface area contributed by atoms with Crippen molar-refractivity contribution in [3.63, 3.8) is 0 Å². The third-order valence-corrected chi connectivity index (χ3v) is 0.539. The van der Waals surface area contributed by atoms with Crippen LogP contribution in [0.2, 0.25) is 0 Å². The molecule has 7 heavy (non-hydrogen) atoms. The average Bonchev–Trinajstić information content (AvgIpc) is 1.98. The van der Waals surface area contributed by atoms with Gasteiger partial charge in [-0.2, -0.15) is 0 Å². The lowest BCUT2D eigenvalue weighted by Crippen LogP contribution is -2.46. The van der Waals surface area contributed by atoms with Crippen molar-refractivity contribution in [2.75, 3.05) is 19.5 Å². The molecule has 1 aliphatic rings. The van der Waals surface area contributed by atoms with E-state index in [9.17, 15) is 4.79 Å². The number of likely N-dealkylation sites (N-methyl/N-ethyl adjacent to an activating group) is 1. The molecular formula is C5H9NO. The number of nitrogens with zero attached hydrogens (tertiary/aromatic N) is 1. The van der Waals surface area contributed by atoms with Crippen LogP contribution in [0.5, 0.6) is 0 Å². The van der Waals surface area contributed by atoms with E-state index in [-0.39, 0.29) is 4.90 Å². The standard InChI is InChI=1S/C5H9NO/c1-2-6-3-5(7)4-6/h2-4H2,1H3/i1D3,2D2,3D2,4D2. The van der Waals surface area contributed by atoms with Crippen LogP contribution in [0.3, 0.4) is 0 Å². The van der Waals surface area contributed by atoms with Gasteiger partial charge in [0.1, 0.15) is 0 Å². The van der Waals surface area contributed by atoms with E-state index in [0.717, 1.165) is 0 Å². The first-order valence-corrected chi connectivity index (χ1v) is 1.62. The number of Topliss-reactive ketones (excluding diaryl/α,β-unsaturated/α-hetero) is 1. The summed E-state index contributed by atoms with van der Waals surface area (Å²) in [7, 11) is 0. The van der Waals surface area contributed by atoms with Crippen LogP contribution in [0, 0.1) is 0 Å². The summed E-state index contributed by atoms with van der Waals surface area (Å²) in [5, 5.41) is 0. The fourth-order valence-electron chi connectivity index (χ4n) is 0.259. The van der Waals surface area contributed by atoms with Gasteiger partial charge in [-0.1, -0.05) is 6.85 Å². The van der Waals surface area contributed by atoms with Crippen molar-refractivity contribution in [2.24, 2.45) is 0 Å². The molecule has 0 atom stereocenters. The number of rotatable bonds is 1. The van der Waals surface area contributed by atoms with Gasteiger partial charge in [-0.05, 0) is 6.50 Å². The minimum Gasteiger partial charge on any atom is -0.297 e. The molecule has 1 heterocycles. The summed E-state index contributed by atoms with van der Waals surface area (Å²) in [6, 6.07) is 0. The van der Waals surface area contributed by atoms with Crippen molar-refractivity contribution < 1.29 is 17.1 Å². The van der Waals surface area contributed by atoms with Crippen LogP contribution in [0.25, 0.3) is 0 Å². The lowest BCUT2D eigenvalue weighted by molar-refractivity contribution is -0.128. The van der Waals surface area contributed by atoms with Crippen LogP contribution in [-0.2, 0) is 4.79 Å². The summed E-state index contributed by atoms with van der Waals surface area (Å²) >= 11 is 0. The Kier molecular flexibility index (Phi) is 0.199. The minimum absolute atomic E-state index is 0.192. The average molecular weight is 108 g/mol. The van der Waals surface area contributed by atoms with E-state index in [1.165, 1.54) is 0 Å². The summed E-state index contributed by atoms with van der Waals surface area (Å²) in [6.07, 6.45) is 0. The van der Waals surface area contributed by atoms with Crippen molar-refractivity contribution >= 4 is 5.78 Å². The lowest BCUT2D eigenvalue weighted by atomic mass is 10.2. The van der Waals surface area contributed by atoms with Crippen molar-refractivity contribution in [3.8, 4) is 0 Å². The lowest BCUT2D eigenvalue weighted by Gasteiger charge is -2.26. The maximum Gasteiger partial charge on any atom is 0.160 e. The predicted octanol–water partition coefficient (Wildman–Crippen LogP) is -0.109. The topological polar surface area (TPSA) is 20.3 Å². The maximum absolute atomic E-state index is 11.0. The largest absolute Gasteiger partial charge is 0.297 e. The van der Waals surface area contributed by atoms with Crippen molar-refractivity contribution in [3.05, 3.63) is 0 Å². The summed E-state index contributed by atoms with van der Waals surface area (Å²) in [5.41, 5.74) is 0. The van der Waals surface area contributed by atoms with Crippen LogP contribution in [0.4, 0.5) is 0 Å². The Balaban J connectivity index is 3.20. The van der Waals surface area contributed by atoms with Crippen LogP contribution in [0.1, 0.15) is 19.2 Å². The molecule has 0 aromatic carbocycles. The van der Waals surface area contributed by atoms with Gasteiger partial charge in [-0.25, -0.2) is 0 Å². The van der Waals surface area contributed by atoms with Crippen LogP contribution in [-0.4, -0.2) is 30.2 Å². The molecule has 0 radical (unpaired) electrons. The summed E-state index contributed by atoms with van der Waals surface area (Å²) in [4.78, 5) is 10.9. The van der Waals surface area contributed by atoms with Gasteiger partial charge in [0.15, 0.2) is 5.78 Å². The van der Waals surface area contributed by atoms with Crippen LogP contribution < -0.4 is 0 Å². The highest BCUT2D eigenvalue weighted by atomic mass is 16.1. The first-order valence-electron chi connectivity index (χ1n) is 6.12. The van der Waals surface area contributed by atoms with Gasteiger partial charge < -0.3 is 0 Å². The number of ketones is 1. The number of hydrogen-bond acceptors (Lipinski definition) is 2. The number of carbonyl (C=O) groups is 1. The molecule has 0 aliphatic carbocycles. The molecule has 2 nitrogen and oxygen atoms in total. The van der Waals surface area contributed by atoms with E-state index in [1.54, 1.807) is 0 Å². The van der Waals surface area contributed by atoms with Gasteiger partial charge in [-0.3, -0.25) is 9.69 Å². The van der Waals surface area contributed by atoms with Crippen LogP contribution in [0.15, 0.2) is 0 Å². The Labute approximate surface area is 55.8 Å². The van der Waals surface area contributed by atoms with Crippen LogP contribution >= 0.6 is 0 Å². The SMILES string of the molecule is [2H]C1([2H])C(=O)C([2H])([2H])N1C([2H])([2H])C([2H])([2H])[2H]. The molecule has 0 aromatic heterocycles. The normalized spacial score (nSPS) is 59.4. The first-order chi connectivity index (χ1) is 6.77. The molecule has 0 N–H and O–H groups in total. The Hall–Kier alpha value is -0.370. The molecule has 0 saturated carbocycles. The van der Waals surface area contributed by atoms with E-state index in [2.05, 4.69) is 0 Å².